The van der Waals surface area contributed by atoms with Gasteiger partial charge in [-0.1, -0.05) is 19.3 Å². The summed E-state index contributed by atoms with van der Waals surface area (Å²) in [5.74, 6) is -0.0571. The third kappa shape index (κ3) is 2.69. The zero-order chi connectivity index (χ0) is 10.7. The molecule has 2 saturated carbocycles. The van der Waals surface area contributed by atoms with E-state index < -0.39 is 0 Å². The van der Waals surface area contributed by atoms with Crippen LogP contribution in [0.4, 0.5) is 0 Å². The number of rotatable bonds is 3. The standard InChI is InChI=1S/C11H20N2O2/c12-10-7-3-6-9(10)11(14)13-15-8-4-1-2-5-8/h8-10H,1-7,12H2,(H,13,14). The molecule has 0 radical (unpaired) electrons. The van der Waals surface area contributed by atoms with Crippen molar-refractivity contribution < 1.29 is 9.63 Å². The molecule has 0 aromatic rings. The number of carbonyl (C=O) groups excluding carboxylic acids is 1. The van der Waals surface area contributed by atoms with Crippen LogP contribution < -0.4 is 11.2 Å². The van der Waals surface area contributed by atoms with Crippen LogP contribution in [-0.4, -0.2) is 18.1 Å². The number of amides is 1. The molecule has 0 spiro atoms. The van der Waals surface area contributed by atoms with E-state index in [1.165, 1.54) is 12.8 Å². The first-order valence-electron chi connectivity index (χ1n) is 5.98. The first-order chi connectivity index (χ1) is 7.27. The van der Waals surface area contributed by atoms with Gasteiger partial charge in [0.2, 0.25) is 5.91 Å². The number of carbonyl (C=O) groups is 1. The van der Waals surface area contributed by atoms with Gasteiger partial charge in [-0.15, -0.1) is 0 Å². The first kappa shape index (κ1) is 10.9. The maximum atomic E-state index is 11.7. The van der Waals surface area contributed by atoms with Gasteiger partial charge < -0.3 is 5.73 Å². The predicted molar refractivity (Wildman–Crippen MR) is 56.8 cm³/mol. The SMILES string of the molecule is NC1CCCC1C(=O)NOC1CCCC1. The first-order valence-corrected chi connectivity index (χ1v) is 5.98. The van der Waals surface area contributed by atoms with E-state index in [0.717, 1.165) is 32.1 Å². The molecule has 2 aliphatic rings. The van der Waals surface area contributed by atoms with Crippen LogP contribution in [0, 0.1) is 5.92 Å². The second-order valence-electron chi connectivity index (χ2n) is 4.69. The summed E-state index contributed by atoms with van der Waals surface area (Å²) in [6.07, 6.45) is 7.71. The van der Waals surface area contributed by atoms with Gasteiger partial charge in [0.1, 0.15) is 0 Å². The van der Waals surface area contributed by atoms with Crippen LogP contribution in [-0.2, 0) is 9.63 Å². The lowest BCUT2D eigenvalue weighted by Gasteiger charge is -2.17. The molecule has 4 nitrogen and oxygen atoms in total. The molecule has 0 saturated heterocycles. The fraction of sp³-hybridized carbons (Fsp3) is 0.909. The van der Waals surface area contributed by atoms with Crippen LogP contribution >= 0.6 is 0 Å². The number of hydrogen-bond acceptors (Lipinski definition) is 3. The van der Waals surface area contributed by atoms with E-state index in [4.69, 9.17) is 10.6 Å². The minimum atomic E-state index is -0.0357. The van der Waals surface area contributed by atoms with Gasteiger partial charge >= 0.3 is 0 Å². The van der Waals surface area contributed by atoms with E-state index >= 15 is 0 Å². The minimum absolute atomic E-state index is 0.0214. The van der Waals surface area contributed by atoms with Crippen LogP contribution in [0.2, 0.25) is 0 Å². The molecule has 86 valence electrons. The summed E-state index contributed by atoms with van der Waals surface area (Å²) in [6, 6.07) is 0.0252. The molecule has 0 aromatic carbocycles. The number of nitrogens with one attached hydrogen (secondary N) is 1. The van der Waals surface area contributed by atoms with Crippen LogP contribution in [0.15, 0.2) is 0 Å². The summed E-state index contributed by atoms with van der Waals surface area (Å²) in [5, 5.41) is 0. The van der Waals surface area contributed by atoms with Gasteiger partial charge in [0.15, 0.2) is 0 Å². The molecular weight excluding hydrogens is 192 g/mol. The van der Waals surface area contributed by atoms with E-state index in [-0.39, 0.29) is 24.0 Å². The predicted octanol–water partition coefficient (Wildman–Crippen LogP) is 1.10. The van der Waals surface area contributed by atoms with Crippen LogP contribution in [0.25, 0.3) is 0 Å². The van der Waals surface area contributed by atoms with Gasteiger partial charge in [-0.2, -0.15) is 0 Å². The topological polar surface area (TPSA) is 64.4 Å². The van der Waals surface area contributed by atoms with Crippen molar-refractivity contribution >= 4 is 5.91 Å². The highest BCUT2D eigenvalue weighted by Gasteiger charge is 2.31. The number of nitrogens with two attached hydrogens (primary N) is 1. The molecule has 4 heteroatoms. The van der Waals surface area contributed by atoms with Crippen LogP contribution in [0.1, 0.15) is 44.9 Å². The molecule has 2 atom stereocenters. The summed E-state index contributed by atoms with van der Waals surface area (Å²) in [7, 11) is 0. The van der Waals surface area contributed by atoms with Crippen LogP contribution in [0.3, 0.4) is 0 Å². The molecule has 0 heterocycles. The lowest BCUT2D eigenvalue weighted by molar-refractivity contribution is -0.142. The van der Waals surface area contributed by atoms with Gasteiger partial charge in [0.25, 0.3) is 0 Å². The van der Waals surface area contributed by atoms with Crippen molar-refractivity contribution in [3.05, 3.63) is 0 Å². The third-order valence-corrected chi connectivity index (χ3v) is 3.53. The van der Waals surface area contributed by atoms with Crippen LogP contribution in [0.5, 0.6) is 0 Å². The average Bonchev–Trinajstić information content (AvgIpc) is 2.84. The molecule has 0 aliphatic heterocycles. The third-order valence-electron chi connectivity index (χ3n) is 3.53. The normalized spacial score (nSPS) is 32.1. The highest BCUT2D eigenvalue weighted by atomic mass is 16.7. The monoisotopic (exact) mass is 212 g/mol. The fourth-order valence-corrected chi connectivity index (χ4v) is 2.54. The molecule has 2 fully saturated rings. The van der Waals surface area contributed by atoms with Crippen molar-refractivity contribution in [2.45, 2.75) is 57.1 Å². The maximum Gasteiger partial charge on any atom is 0.248 e. The Labute approximate surface area is 90.5 Å². The van der Waals surface area contributed by atoms with E-state index in [1.54, 1.807) is 0 Å². The Morgan fingerprint density at radius 1 is 1.13 bits per heavy atom. The molecule has 0 aromatic heterocycles. The van der Waals surface area contributed by atoms with Crippen molar-refractivity contribution in [3.63, 3.8) is 0 Å². The van der Waals surface area contributed by atoms with E-state index in [1.807, 2.05) is 0 Å². The Bertz CT molecular complexity index is 227. The van der Waals surface area contributed by atoms with Crippen molar-refractivity contribution in [1.82, 2.24) is 5.48 Å². The van der Waals surface area contributed by atoms with Gasteiger partial charge in [0, 0.05) is 6.04 Å². The summed E-state index contributed by atoms with van der Waals surface area (Å²) in [4.78, 5) is 17.1. The lowest BCUT2D eigenvalue weighted by atomic mass is 10.0. The van der Waals surface area contributed by atoms with Crippen molar-refractivity contribution in [2.24, 2.45) is 11.7 Å². The zero-order valence-electron chi connectivity index (χ0n) is 9.08. The molecule has 2 aliphatic carbocycles. The second kappa shape index (κ2) is 4.94. The van der Waals surface area contributed by atoms with E-state index in [9.17, 15) is 4.79 Å². The summed E-state index contributed by atoms with van der Waals surface area (Å²) in [6.45, 7) is 0. The fourth-order valence-electron chi connectivity index (χ4n) is 2.54. The molecule has 3 N–H and O–H groups in total. The zero-order valence-corrected chi connectivity index (χ0v) is 9.08. The smallest absolute Gasteiger partial charge is 0.248 e. The largest absolute Gasteiger partial charge is 0.327 e. The van der Waals surface area contributed by atoms with Gasteiger partial charge in [-0.25, -0.2) is 5.48 Å². The summed E-state index contributed by atoms with van der Waals surface area (Å²) in [5.41, 5.74) is 8.43. The van der Waals surface area contributed by atoms with E-state index in [2.05, 4.69) is 5.48 Å². The Kier molecular flexibility index (Phi) is 3.59. The summed E-state index contributed by atoms with van der Waals surface area (Å²) < 4.78 is 0. The van der Waals surface area contributed by atoms with Gasteiger partial charge in [-0.3, -0.25) is 9.63 Å². The Morgan fingerprint density at radius 2 is 1.87 bits per heavy atom. The van der Waals surface area contributed by atoms with Crippen molar-refractivity contribution in [1.29, 1.82) is 0 Å². The molecule has 2 unspecified atom stereocenters. The number of hydrogen-bond donors (Lipinski definition) is 2. The molecule has 0 bridgehead atoms. The lowest BCUT2D eigenvalue weighted by Crippen LogP contribution is -2.39. The quantitative estimate of drug-likeness (QED) is 0.689. The Balaban J connectivity index is 1.71. The highest BCUT2D eigenvalue weighted by Crippen LogP contribution is 2.24. The Morgan fingerprint density at radius 3 is 2.47 bits per heavy atom. The second-order valence-corrected chi connectivity index (χ2v) is 4.69. The Hall–Kier alpha value is -0.610. The van der Waals surface area contributed by atoms with Crippen molar-refractivity contribution in [3.8, 4) is 0 Å². The molecular formula is C11H20N2O2. The molecule has 2 rings (SSSR count). The van der Waals surface area contributed by atoms with E-state index in [0.29, 0.717) is 0 Å². The summed E-state index contributed by atoms with van der Waals surface area (Å²) >= 11 is 0. The molecule has 15 heavy (non-hydrogen) atoms. The molecule has 1 amide bonds. The highest BCUT2D eigenvalue weighted by molar-refractivity contribution is 5.78. The van der Waals surface area contributed by atoms with Gasteiger partial charge in [-0.05, 0) is 25.7 Å². The average molecular weight is 212 g/mol. The van der Waals surface area contributed by atoms with Crippen molar-refractivity contribution in [2.75, 3.05) is 0 Å². The minimum Gasteiger partial charge on any atom is -0.327 e. The number of hydroxylamine groups is 1. The maximum absolute atomic E-state index is 11.7. The van der Waals surface area contributed by atoms with Gasteiger partial charge in [0.05, 0.1) is 12.0 Å².